The molecule has 1 aromatic rings. The summed E-state index contributed by atoms with van der Waals surface area (Å²) in [6.07, 6.45) is -2.48. The van der Waals surface area contributed by atoms with E-state index in [1.165, 1.54) is 6.33 Å². The van der Waals surface area contributed by atoms with E-state index in [2.05, 4.69) is 15.5 Å². The molecule has 1 aromatic heterocycles. The van der Waals surface area contributed by atoms with Crippen LogP contribution in [-0.4, -0.2) is 52.0 Å². The molecule has 0 bridgehead atoms. The topological polar surface area (TPSA) is 63.1 Å². The highest BCUT2D eigenvalue weighted by atomic mass is 19.4. The number of rotatable bonds is 4. The van der Waals surface area contributed by atoms with Crippen LogP contribution >= 0.6 is 0 Å². The SMILES string of the molecule is CN(CC(F)(F)F)C(=O)NCCc1nncn1C. The minimum absolute atomic E-state index is 0.202. The zero-order valence-electron chi connectivity index (χ0n) is 10.0. The van der Waals surface area contributed by atoms with Gasteiger partial charge in [-0.1, -0.05) is 0 Å². The summed E-state index contributed by atoms with van der Waals surface area (Å²) in [4.78, 5) is 11.9. The minimum Gasteiger partial charge on any atom is -0.338 e. The van der Waals surface area contributed by atoms with Gasteiger partial charge in [-0.25, -0.2) is 4.79 Å². The Morgan fingerprint density at radius 1 is 1.56 bits per heavy atom. The van der Waals surface area contributed by atoms with Gasteiger partial charge in [-0.15, -0.1) is 10.2 Å². The zero-order valence-corrected chi connectivity index (χ0v) is 10.0. The number of urea groups is 1. The number of carbonyl (C=O) groups excluding carboxylic acids is 1. The summed E-state index contributed by atoms with van der Waals surface area (Å²) >= 11 is 0. The highest BCUT2D eigenvalue weighted by Crippen LogP contribution is 2.15. The largest absolute Gasteiger partial charge is 0.406 e. The van der Waals surface area contributed by atoms with Crippen LogP contribution < -0.4 is 5.32 Å². The number of hydrogen-bond acceptors (Lipinski definition) is 3. The average Bonchev–Trinajstić information content (AvgIpc) is 2.62. The predicted octanol–water partition coefficient (Wildman–Crippen LogP) is 0.561. The van der Waals surface area contributed by atoms with Crippen molar-refractivity contribution in [3.8, 4) is 0 Å². The van der Waals surface area contributed by atoms with E-state index in [-0.39, 0.29) is 6.54 Å². The molecule has 0 aliphatic carbocycles. The molecule has 1 heterocycles. The van der Waals surface area contributed by atoms with Gasteiger partial charge in [-0.2, -0.15) is 13.2 Å². The number of nitrogens with zero attached hydrogens (tertiary/aromatic N) is 4. The first-order valence-corrected chi connectivity index (χ1v) is 5.18. The van der Waals surface area contributed by atoms with Crippen LogP contribution in [0.25, 0.3) is 0 Å². The van der Waals surface area contributed by atoms with Crippen molar-refractivity contribution in [2.45, 2.75) is 12.6 Å². The molecule has 0 unspecified atom stereocenters. The van der Waals surface area contributed by atoms with E-state index in [0.717, 1.165) is 7.05 Å². The Labute approximate surface area is 102 Å². The van der Waals surface area contributed by atoms with Crippen molar-refractivity contribution in [3.05, 3.63) is 12.2 Å². The lowest BCUT2D eigenvalue weighted by atomic mass is 10.4. The normalized spacial score (nSPS) is 11.4. The van der Waals surface area contributed by atoms with Crippen LogP contribution in [0, 0.1) is 0 Å². The van der Waals surface area contributed by atoms with Gasteiger partial charge in [-0.3, -0.25) is 0 Å². The molecule has 0 fully saturated rings. The molecule has 0 aliphatic heterocycles. The standard InChI is InChI=1S/C9H14F3N5O/c1-16(5-9(10,11)12)8(18)13-4-3-7-15-14-6-17(7)2/h6H,3-5H2,1-2H3,(H,13,18). The van der Waals surface area contributed by atoms with Crippen LogP contribution in [0.4, 0.5) is 18.0 Å². The number of hydrogen-bond donors (Lipinski definition) is 1. The van der Waals surface area contributed by atoms with E-state index in [1.807, 2.05) is 0 Å². The van der Waals surface area contributed by atoms with E-state index in [0.29, 0.717) is 17.1 Å². The molecular weight excluding hydrogens is 251 g/mol. The fourth-order valence-corrected chi connectivity index (χ4v) is 1.29. The van der Waals surface area contributed by atoms with Crippen molar-refractivity contribution in [1.82, 2.24) is 25.0 Å². The molecule has 0 spiro atoms. The predicted molar refractivity (Wildman–Crippen MR) is 56.8 cm³/mol. The Balaban J connectivity index is 2.31. The summed E-state index contributed by atoms with van der Waals surface area (Å²) in [5.41, 5.74) is 0. The van der Waals surface area contributed by atoms with Crippen LogP contribution in [0.3, 0.4) is 0 Å². The Kier molecular flexibility index (Phi) is 4.51. The van der Waals surface area contributed by atoms with Crippen molar-refractivity contribution in [1.29, 1.82) is 0 Å². The Hall–Kier alpha value is -1.80. The number of amides is 2. The van der Waals surface area contributed by atoms with Crippen molar-refractivity contribution in [2.75, 3.05) is 20.1 Å². The Bertz CT molecular complexity index is 403. The summed E-state index contributed by atoms with van der Waals surface area (Å²) in [5.74, 6) is 0.647. The summed E-state index contributed by atoms with van der Waals surface area (Å²) in [7, 11) is 2.83. The fraction of sp³-hybridized carbons (Fsp3) is 0.667. The fourth-order valence-electron chi connectivity index (χ4n) is 1.29. The molecule has 102 valence electrons. The van der Waals surface area contributed by atoms with Crippen LogP contribution in [0.2, 0.25) is 0 Å². The molecule has 0 atom stereocenters. The highest BCUT2D eigenvalue weighted by molar-refractivity contribution is 5.73. The lowest BCUT2D eigenvalue weighted by Crippen LogP contribution is -2.42. The van der Waals surface area contributed by atoms with Crippen LogP contribution in [0.15, 0.2) is 6.33 Å². The van der Waals surface area contributed by atoms with Gasteiger partial charge in [0.05, 0.1) is 0 Å². The molecule has 1 N–H and O–H groups in total. The first kappa shape index (κ1) is 14.3. The highest BCUT2D eigenvalue weighted by Gasteiger charge is 2.31. The van der Waals surface area contributed by atoms with Gasteiger partial charge >= 0.3 is 12.2 Å². The molecule has 6 nitrogen and oxygen atoms in total. The molecule has 2 amide bonds. The maximum atomic E-state index is 12.0. The van der Waals surface area contributed by atoms with Gasteiger partial charge in [0.15, 0.2) is 0 Å². The molecule has 0 saturated carbocycles. The van der Waals surface area contributed by atoms with Gasteiger partial charge in [-0.05, 0) is 0 Å². The van der Waals surface area contributed by atoms with Crippen LogP contribution in [0.5, 0.6) is 0 Å². The number of halogens is 3. The molecule has 0 saturated heterocycles. The first-order valence-electron chi connectivity index (χ1n) is 5.18. The first-order chi connectivity index (χ1) is 8.29. The lowest BCUT2D eigenvalue weighted by molar-refractivity contribution is -0.137. The monoisotopic (exact) mass is 265 g/mol. The Morgan fingerprint density at radius 2 is 2.22 bits per heavy atom. The van der Waals surface area contributed by atoms with Gasteiger partial charge in [0, 0.05) is 27.1 Å². The van der Waals surface area contributed by atoms with Gasteiger partial charge in [0.2, 0.25) is 0 Å². The van der Waals surface area contributed by atoms with E-state index in [9.17, 15) is 18.0 Å². The summed E-state index contributed by atoms with van der Waals surface area (Å²) < 4.78 is 37.7. The minimum atomic E-state index is -4.39. The molecule has 0 radical (unpaired) electrons. The summed E-state index contributed by atoms with van der Waals surface area (Å²) in [6.45, 7) is -1.07. The third-order valence-corrected chi connectivity index (χ3v) is 2.19. The number of aromatic nitrogens is 3. The van der Waals surface area contributed by atoms with Crippen molar-refractivity contribution in [2.24, 2.45) is 7.05 Å². The van der Waals surface area contributed by atoms with Crippen LogP contribution in [0.1, 0.15) is 5.82 Å². The Morgan fingerprint density at radius 3 is 2.72 bits per heavy atom. The quantitative estimate of drug-likeness (QED) is 0.865. The van der Waals surface area contributed by atoms with E-state index in [1.54, 1.807) is 11.6 Å². The van der Waals surface area contributed by atoms with E-state index >= 15 is 0 Å². The smallest absolute Gasteiger partial charge is 0.338 e. The molecule has 0 aromatic carbocycles. The molecule has 18 heavy (non-hydrogen) atoms. The molecular formula is C9H14F3N5O. The number of nitrogens with one attached hydrogen (secondary N) is 1. The maximum absolute atomic E-state index is 12.0. The maximum Gasteiger partial charge on any atom is 0.406 e. The number of aryl methyl sites for hydroxylation is 1. The van der Waals surface area contributed by atoms with E-state index < -0.39 is 18.8 Å². The molecule has 1 rings (SSSR count). The number of carbonyl (C=O) groups is 1. The second-order valence-corrected chi connectivity index (χ2v) is 3.81. The van der Waals surface area contributed by atoms with E-state index in [4.69, 9.17) is 0 Å². The zero-order chi connectivity index (χ0) is 13.8. The summed E-state index contributed by atoms with van der Waals surface area (Å²) in [6, 6.07) is -0.769. The van der Waals surface area contributed by atoms with Crippen molar-refractivity contribution >= 4 is 6.03 Å². The second kappa shape index (κ2) is 5.69. The summed E-state index contributed by atoms with van der Waals surface area (Å²) in [5, 5.41) is 9.81. The van der Waals surface area contributed by atoms with Gasteiger partial charge in [0.25, 0.3) is 0 Å². The van der Waals surface area contributed by atoms with Crippen molar-refractivity contribution < 1.29 is 18.0 Å². The third kappa shape index (κ3) is 4.60. The van der Waals surface area contributed by atoms with Crippen LogP contribution in [-0.2, 0) is 13.5 Å². The van der Waals surface area contributed by atoms with Gasteiger partial charge in [0.1, 0.15) is 18.7 Å². The molecule has 9 heteroatoms. The number of alkyl halides is 3. The lowest BCUT2D eigenvalue weighted by Gasteiger charge is -2.19. The third-order valence-electron chi connectivity index (χ3n) is 2.19. The molecule has 0 aliphatic rings. The average molecular weight is 265 g/mol. The van der Waals surface area contributed by atoms with Crippen molar-refractivity contribution in [3.63, 3.8) is 0 Å². The second-order valence-electron chi connectivity index (χ2n) is 3.81. The van der Waals surface area contributed by atoms with Gasteiger partial charge < -0.3 is 14.8 Å².